The van der Waals surface area contributed by atoms with Crippen LogP contribution in [0.25, 0.3) is 0 Å². The second-order valence-electron chi connectivity index (χ2n) is 2.98. The Bertz CT molecular complexity index is 59.7. The first-order valence-electron chi connectivity index (χ1n) is 4.20. The predicted molar refractivity (Wildman–Crippen MR) is 44.6 cm³/mol. The molecule has 0 rings (SSSR count). The zero-order valence-electron chi connectivity index (χ0n) is 7.39. The minimum Gasteiger partial charge on any atom is -0.376 e. The molecule has 0 aromatic rings. The van der Waals surface area contributed by atoms with Crippen molar-refractivity contribution in [2.24, 2.45) is 5.92 Å². The van der Waals surface area contributed by atoms with Crippen LogP contribution >= 0.6 is 0 Å². The second-order valence-corrected chi connectivity index (χ2v) is 2.98. The van der Waals surface area contributed by atoms with Gasteiger partial charge in [0.25, 0.3) is 0 Å². The summed E-state index contributed by atoms with van der Waals surface area (Å²) in [4.78, 5) is 0. The molecule has 0 aliphatic heterocycles. The van der Waals surface area contributed by atoms with Crippen molar-refractivity contribution < 1.29 is 4.74 Å². The third-order valence-corrected chi connectivity index (χ3v) is 1.33. The Morgan fingerprint density at radius 2 is 2.10 bits per heavy atom. The molecule has 0 saturated carbocycles. The van der Waals surface area contributed by atoms with Gasteiger partial charge in [-0.25, -0.2) is 0 Å². The molecule has 1 radical (unpaired) electrons. The van der Waals surface area contributed by atoms with Crippen molar-refractivity contribution in [3.63, 3.8) is 0 Å². The molecule has 0 bridgehead atoms. The van der Waals surface area contributed by atoms with Crippen molar-refractivity contribution in [1.29, 1.82) is 0 Å². The van der Waals surface area contributed by atoms with Crippen LogP contribution in [0.5, 0.6) is 0 Å². The summed E-state index contributed by atoms with van der Waals surface area (Å²) in [6.45, 7) is 9.34. The van der Waals surface area contributed by atoms with Crippen LogP contribution in [-0.2, 0) is 4.74 Å². The van der Waals surface area contributed by atoms with E-state index < -0.39 is 0 Å². The second kappa shape index (κ2) is 7.07. The van der Waals surface area contributed by atoms with E-state index in [1.807, 2.05) is 6.61 Å². The molecular formula is C9H19O. The highest BCUT2D eigenvalue weighted by Crippen LogP contribution is 2.03. The molecule has 0 aromatic carbocycles. The Labute approximate surface area is 64.8 Å². The highest BCUT2D eigenvalue weighted by molar-refractivity contribution is 4.47. The Hall–Kier alpha value is -0.0400. The predicted octanol–water partition coefficient (Wildman–Crippen LogP) is 3.01. The summed E-state index contributed by atoms with van der Waals surface area (Å²) < 4.78 is 5.21. The van der Waals surface area contributed by atoms with E-state index in [0.717, 1.165) is 18.9 Å². The average Bonchev–Trinajstić information content (AvgIpc) is 1.87. The van der Waals surface area contributed by atoms with Gasteiger partial charge >= 0.3 is 0 Å². The van der Waals surface area contributed by atoms with Crippen molar-refractivity contribution in [2.75, 3.05) is 6.61 Å². The first-order valence-corrected chi connectivity index (χ1v) is 4.20. The molecule has 61 valence electrons. The fraction of sp³-hybridized carbons (Fsp3) is 0.889. The van der Waals surface area contributed by atoms with Gasteiger partial charge in [-0.1, -0.05) is 20.8 Å². The summed E-state index contributed by atoms with van der Waals surface area (Å²) in [5.41, 5.74) is 0. The van der Waals surface area contributed by atoms with Crippen LogP contribution in [0, 0.1) is 12.5 Å². The summed E-state index contributed by atoms with van der Waals surface area (Å²) in [7, 11) is 0. The quantitative estimate of drug-likeness (QED) is 0.519. The molecule has 0 heterocycles. The number of hydrogen-bond donors (Lipinski definition) is 0. The van der Waals surface area contributed by atoms with E-state index >= 15 is 0 Å². The SMILES string of the molecule is CC[CH]OCCCC(C)C. The monoisotopic (exact) mass is 143 g/mol. The van der Waals surface area contributed by atoms with Gasteiger partial charge in [0.2, 0.25) is 0 Å². The molecule has 0 atom stereocenters. The smallest absolute Gasteiger partial charge is 0.0833 e. The normalized spacial score (nSPS) is 10.8. The van der Waals surface area contributed by atoms with Gasteiger partial charge in [0.05, 0.1) is 6.61 Å². The van der Waals surface area contributed by atoms with E-state index in [-0.39, 0.29) is 0 Å². The lowest BCUT2D eigenvalue weighted by Gasteiger charge is -2.03. The van der Waals surface area contributed by atoms with Gasteiger partial charge < -0.3 is 4.74 Å². The molecule has 0 aliphatic rings. The topological polar surface area (TPSA) is 9.23 Å². The summed E-state index contributed by atoms with van der Waals surface area (Å²) >= 11 is 0. The molecule has 0 spiro atoms. The van der Waals surface area contributed by atoms with Crippen molar-refractivity contribution >= 4 is 0 Å². The number of ether oxygens (including phenoxy) is 1. The van der Waals surface area contributed by atoms with E-state index in [9.17, 15) is 0 Å². The fourth-order valence-electron chi connectivity index (χ4n) is 0.776. The number of rotatable bonds is 6. The lowest BCUT2D eigenvalue weighted by Crippen LogP contribution is -1.94. The van der Waals surface area contributed by atoms with Crippen molar-refractivity contribution in [1.82, 2.24) is 0 Å². The molecule has 0 aromatic heterocycles. The zero-order chi connectivity index (χ0) is 7.82. The van der Waals surface area contributed by atoms with Gasteiger partial charge in [0.15, 0.2) is 0 Å². The van der Waals surface area contributed by atoms with E-state index in [4.69, 9.17) is 4.74 Å². The highest BCUT2D eigenvalue weighted by Gasteiger charge is 1.92. The van der Waals surface area contributed by atoms with Crippen LogP contribution < -0.4 is 0 Å². The molecule has 0 saturated heterocycles. The lowest BCUT2D eigenvalue weighted by molar-refractivity contribution is 0.185. The third-order valence-electron chi connectivity index (χ3n) is 1.33. The Kier molecular flexibility index (Phi) is 7.04. The van der Waals surface area contributed by atoms with Gasteiger partial charge in [-0.2, -0.15) is 0 Å². The highest BCUT2D eigenvalue weighted by atomic mass is 16.5. The molecule has 0 fully saturated rings. The number of hydrogen-bond acceptors (Lipinski definition) is 1. The van der Waals surface area contributed by atoms with Crippen LogP contribution in [-0.4, -0.2) is 6.61 Å². The molecule has 1 heteroatoms. The Balaban J connectivity index is 2.77. The summed E-state index contributed by atoms with van der Waals surface area (Å²) in [5, 5.41) is 0. The largest absolute Gasteiger partial charge is 0.376 e. The van der Waals surface area contributed by atoms with Gasteiger partial charge in [0.1, 0.15) is 0 Å². The minimum absolute atomic E-state index is 0.810. The van der Waals surface area contributed by atoms with Gasteiger partial charge in [-0.15, -0.1) is 0 Å². The first kappa shape index (κ1) is 9.96. The zero-order valence-corrected chi connectivity index (χ0v) is 7.39. The van der Waals surface area contributed by atoms with Gasteiger partial charge in [-0.3, -0.25) is 0 Å². The Morgan fingerprint density at radius 1 is 1.40 bits per heavy atom. The average molecular weight is 143 g/mol. The first-order chi connectivity index (χ1) is 4.77. The molecule has 0 aliphatic carbocycles. The standard InChI is InChI=1S/C9H19O/c1-4-7-10-8-5-6-9(2)3/h7,9H,4-6,8H2,1-3H3. The van der Waals surface area contributed by atoms with E-state index in [1.54, 1.807) is 0 Å². The molecule has 0 amide bonds. The third kappa shape index (κ3) is 7.96. The van der Waals surface area contributed by atoms with Crippen LogP contribution in [0.15, 0.2) is 0 Å². The maximum Gasteiger partial charge on any atom is 0.0833 e. The Morgan fingerprint density at radius 3 is 2.60 bits per heavy atom. The van der Waals surface area contributed by atoms with Crippen molar-refractivity contribution in [2.45, 2.75) is 40.0 Å². The summed E-state index contributed by atoms with van der Waals surface area (Å²) in [6, 6.07) is 0. The minimum atomic E-state index is 0.810. The van der Waals surface area contributed by atoms with Crippen LogP contribution in [0.1, 0.15) is 40.0 Å². The van der Waals surface area contributed by atoms with Crippen molar-refractivity contribution in [3.8, 4) is 0 Å². The molecular weight excluding hydrogens is 124 g/mol. The van der Waals surface area contributed by atoms with Gasteiger partial charge in [0, 0.05) is 6.61 Å². The molecule has 0 unspecified atom stereocenters. The maximum atomic E-state index is 5.21. The van der Waals surface area contributed by atoms with Crippen LogP contribution in [0.3, 0.4) is 0 Å². The van der Waals surface area contributed by atoms with Crippen LogP contribution in [0.4, 0.5) is 0 Å². The van der Waals surface area contributed by atoms with E-state index in [0.29, 0.717) is 0 Å². The lowest BCUT2D eigenvalue weighted by atomic mass is 10.1. The van der Waals surface area contributed by atoms with Crippen molar-refractivity contribution in [3.05, 3.63) is 6.61 Å². The summed E-state index contributed by atoms with van der Waals surface area (Å²) in [5.74, 6) is 0.810. The fourth-order valence-corrected chi connectivity index (χ4v) is 0.776. The maximum absolute atomic E-state index is 5.21. The van der Waals surface area contributed by atoms with E-state index in [1.165, 1.54) is 12.8 Å². The molecule has 0 N–H and O–H groups in total. The molecule has 1 nitrogen and oxygen atoms in total. The van der Waals surface area contributed by atoms with Gasteiger partial charge in [-0.05, 0) is 25.2 Å². The van der Waals surface area contributed by atoms with Crippen LogP contribution in [0.2, 0.25) is 0 Å². The summed E-state index contributed by atoms with van der Waals surface area (Å²) in [6.07, 6.45) is 3.48. The van der Waals surface area contributed by atoms with E-state index in [2.05, 4.69) is 20.8 Å². The molecule has 10 heavy (non-hydrogen) atoms.